The molecule has 3 rings (SSSR count). The SMILES string of the molecule is Nc1ncnc2c(C3OC(CSCC[C@H]([NH3+])C(=O)[O-])C(O)C3O)[nH]nc12. The standard InChI is InChI=1S/C14H20N6O5S/c15-5(14(23)24)1-2-26-3-6-10(21)11(22)12(25-6)8-7-9(20-19-8)13(16)18-4-17-7/h4-6,10-12,21-22H,1-3,15H2,(H,19,20)(H,23,24)(H2,16,17,18)/t5-,6?,10?,11?,12?/m0/s1. The number of carbonyl (C=O) groups is 1. The Balaban J connectivity index is 1.64. The number of aliphatic hydroxyl groups excluding tert-OH is 2. The number of quaternary nitrogens is 1. The summed E-state index contributed by atoms with van der Waals surface area (Å²) in [6.07, 6.45) is -2.08. The van der Waals surface area contributed by atoms with Crippen LogP contribution in [0.5, 0.6) is 0 Å². The van der Waals surface area contributed by atoms with Crippen LogP contribution in [0.25, 0.3) is 11.0 Å². The van der Waals surface area contributed by atoms with Crippen LogP contribution in [-0.4, -0.2) is 72.2 Å². The highest BCUT2D eigenvalue weighted by atomic mass is 32.2. The highest BCUT2D eigenvalue weighted by Gasteiger charge is 2.44. The summed E-state index contributed by atoms with van der Waals surface area (Å²) in [4.78, 5) is 18.6. The number of aromatic nitrogens is 4. The minimum Gasteiger partial charge on any atom is -0.544 e. The maximum absolute atomic E-state index is 10.6. The smallest absolute Gasteiger partial charge is 0.155 e. The molecule has 1 aliphatic rings. The molecule has 0 spiro atoms. The molecule has 1 fully saturated rings. The topological polar surface area (TPSA) is 198 Å². The van der Waals surface area contributed by atoms with E-state index in [1.807, 2.05) is 0 Å². The quantitative estimate of drug-likeness (QED) is 0.299. The molecule has 0 radical (unpaired) electrons. The van der Waals surface area contributed by atoms with Crippen molar-refractivity contribution in [1.82, 2.24) is 20.2 Å². The number of aromatic amines is 1. The summed E-state index contributed by atoms with van der Waals surface area (Å²) in [5.41, 5.74) is 10.4. The summed E-state index contributed by atoms with van der Waals surface area (Å²) in [5, 5.41) is 38.0. The lowest BCUT2D eigenvalue weighted by Gasteiger charge is -2.14. The third-order valence-corrected chi connectivity index (χ3v) is 5.36. The highest BCUT2D eigenvalue weighted by molar-refractivity contribution is 7.99. The first-order chi connectivity index (χ1) is 12.4. The van der Waals surface area contributed by atoms with Gasteiger partial charge in [-0.3, -0.25) is 5.10 Å². The second kappa shape index (κ2) is 7.72. The first kappa shape index (κ1) is 18.8. The van der Waals surface area contributed by atoms with Gasteiger partial charge in [0.15, 0.2) is 11.3 Å². The van der Waals surface area contributed by atoms with Gasteiger partial charge in [0.1, 0.15) is 36.2 Å². The molecule has 4 unspecified atom stereocenters. The summed E-state index contributed by atoms with van der Waals surface area (Å²) < 4.78 is 5.80. The number of hydrogen-bond donors (Lipinski definition) is 5. The number of nitrogen functional groups attached to an aromatic ring is 1. The molecule has 0 bridgehead atoms. The van der Waals surface area contributed by atoms with Crippen LogP contribution in [0.15, 0.2) is 6.33 Å². The van der Waals surface area contributed by atoms with E-state index in [9.17, 15) is 20.1 Å². The van der Waals surface area contributed by atoms with Crippen LogP contribution < -0.4 is 16.6 Å². The van der Waals surface area contributed by atoms with Crippen molar-refractivity contribution in [2.24, 2.45) is 0 Å². The molecule has 0 amide bonds. The number of aliphatic hydroxyl groups is 2. The number of hydrogen-bond acceptors (Lipinski definition) is 10. The van der Waals surface area contributed by atoms with E-state index in [-0.39, 0.29) is 5.82 Å². The number of nitrogens with zero attached hydrogens (tertiary/aromatic N) is 3. The summed E-state index contributed by atoms with van der Waals surface area (Å²) >= 11 is 1.41. The number of anilines is 1. The molecule has 142 valence electrons. The van der Waals surface area contributed by atoms with Crippen molar-refractivity contribution in [3.8, 4) is 0 Å². The van der Waals surface area contributed by atoms with Gasteiger partial charge in [-0.05, 0) is 5.75 Å². The van der Waals surface area contributed by atoms with Crippen molar-refractivity contribution in [3.05, 3.63) is 12.0 Å². The summed E-state index contributed by atoms with van der Waals surface area (Å²) in [5.74, 6) is -0.0804. The average Bonchev–Trinajstić information content (AvgIpc) is 3.15. The first-order valence-corrected chi connectivity index (χ1v) is 9.13. The summed E-state index contributed by atoms with van der Waals surface area (Å²) in [7, 11) is 0. The maximum atomic E-state index is 10.6. The Labute approximate surface area is 152 Å². The van der Waals surface area contributed by atoms with E-state index in [2.05, 4.69) is 25.9 Å². The predicted octanol–water partition coefficient (Wildman–Crippen LogP) is -3.42. The number of H-pyrrole nitrogens is 1. The molecule has 26 heavy (non-hydrogen) atoms. The second-order valence-corrected chi connectivity index (χ2v) is 7.20. The van der Waals surface area contributed by atoms with E-state index in [4.69, 9.17) is 10.5 Å². The molecule has 8 N–H and O–H groups in total. The molecule has 0 aromatic carbocycles. The van der Waals surface area contributed by atoms with Gasteiger partial charge in [-0.25, -0.2) is 9.97 Å². The van der Waals surface area contributed by atoms with E-state index in [0.717, 1.165) is 0 Å². The molecule has 12 heteroatoms. The third-order valence-electron chi connectivity index (χ3n) is 4.27. The fourth-order valence-corrected chi connectivity index (χ4v) is 3.86. The Hall–Kier alpha value is -1.99. The zero-order valence-electron chi connectivity index (χ0n) is 13.7. The fraction of sp³-hybridized carbons (Fsp3) is 0.571. The van der Waals surface area contributed by atoms with Crippen molar-refractivity contribution in [3.63, 3.8) is 0 Å². The minimum atomic E-state index is -1.19. The highest BCUT2D eigenvalue weighted by Crippen LogP contribution is 2.36. The number of thioether (sulfide) groups is 1. The second-order valence-electron chi connectivity index (χ2n) is 6.05. The van der Waals surface area contributed by atoms with Crippen LogP contribution in [0.3, 0.4) is 0 Å². The lowest BCUT2D eigenvalue weighted by Crippen LogP contribution is -2.68. The van der Waals surface area contributed by atoms with Gasteiger partial charge in [-0.15, -0.1) is 0 Å². The number of carboxylic acid groups (broad SMARTS) is 1. The number of carboxylic acids is 1. The van der Waals surface area contributed by atoms with Gasteiger partial charge in [-0.2, -0.15) is 16.9 Å². The number of fused-ring (bicyclic) bond motifs is 1. The Kier molecular flexibility index (Phi) is 5.58. The predicted molar refractivity (Wildman–Crippen MR) is 89.3 cm³/mol. The number of nitrogens with two attached hydrogens (primary N) is 1. The van der Waals surface area contributed by atoms with Crippen LogP contribution in [0.2, 0.25) is 0 Å². The van der Waals surface area contributed by atoms with Crippen molar-refractivity contribution in [2.75, 3.05) is 17.2 Å². The first-order valence-electron chi connectivity index (χ1n) is 7.97. The molecule has 2 aromatic rings. The molecule has 0 aliphatic carbocycles. The van der Waals surface area contributed by atoms with E-state index in [1.165, 1.54) is 18.1 Å². The van der Waals surface area contributed by atoms with Gasteiger partial charge in [0, 0.05) is 12.2 Å². The molecule has 5 atom stereocenters. The van der Waals surface area contributed by atoms with Gasteiger partial charge >= 0.3 is 0 Å². The summed E-state index contributed by atoms with van der Waals surface area (Å²) in [6, 6.07) is -0.781. The third kappa shape index (κ3) is 3.59. The monoisotopic (exact) mass is 384 g/mol. The number of carbonyl (C=O) groups excluding carboxylic acids is 1. The fourth-order valence-electron chi connectivity index (χ4n) is 2.74. The Morgan fingerprint density at radius 1 is 1.42 bits per heavy atom. The van der Waals surface area contributed by atoms with Crippen LogP contribution in [-0.2, 0) is 9.53 Å². The van der Waals surface area contributed by atoms with Gasteiger partial charge < -0.3 is 36.3 Å². The number of aliphatic carboxylic acids is 1. The van der Waals surface area contributed by atoms with Gasteiger partial charge in [0.25, 0.3) is 0 Å². The Morgan fingerprint density at radius 2 is 2.19 bits per heavy atom. The lowest BCUT2D eigenvalue weighted by molar-refractivity contribution is -0.437. The number of nitrogens with one attached hydrogen (secondary N) is 1. The zero-order chi connectivity index (χ0) is 18.8. The van der Waals surface area contributed by atoms with Gasteiger partial charge in [-0.1, -0.05) is 0 Å². The van der Waals surface area contributed by atoms with Crippen molar-refractivity contribution in [2.45, 2.75) is 36.9 Å². The largest absolute Gasteiger partial charge is 0.544 e. The van der Waals surface area contributed by atoms with Crippen LogP contribution in [0, 0.1) is 0 Å². The van der Waals surface area contributed by atoms with Crippen molar-refractivity contribution in [1.29, 1.82) is 0 Å². The molecular formula is C14H20N6O5S. The molecule has 0 saturated carbocycles. The van der Waals surface area contributed by atoms with E-state index >= 15 is 0 Å². The lowest BCUT2D eigenvalue weighted by atomic mass is 10.1. The Morgan fingerprint density at radius 3 is 2.92 bits per heavy atom. The maximum Gasteiger partial charge on any atom is 0.155 e. The zero-order valence-corrected chi connectivity index (χ0v) is 14.6. The number of rotatable bonds is 7. The van der Waals surface area contributed by atoms with E-state index < -0.39 is 36.4 Å². The average molecular weight is 384 g/mol. The molecule has 11 nitrogen and oxygen atoms in total. The van der Waals surface area contributed by atoms with Crippen LogP contribution in [0.4, 0.5) is 5.82 Å². The van der Waals surface area contributed by atoms with Crippen molar-refractivity contribution >= 4 is 34.6 Å². The molecule has 3 heterocycles. The van der Waals surface area contributed by atoms with E-state index in [1.54, 1.807) is 0 Å². The summed E-state index contributed by atoms with van der Waals surface area (Å²) in [6.45, 7) is 0. The normalized spacial score (nSPS) is 27.0. The molecular weight excluding hydrogens is 364 g/mol. The number of ether oxygens (including phenoxy) is 1. The van der Waals surface area contributed by atoms with Crippen LogP contribution in [0.1, 0.15) is 18.2 Å². The Bertz CT molecular complexity index is 788. The van der Waals surface area contributed by atoms with Crippen molar-refractivity contribution < 1.29 is 30.6 Å². The van der Waals surface area contributed by atoms with Gasteiger partial charge in [0.05, 0.1) is 17.8 Å². The molecule has 1 aliphatic heterocycles. The van der Waals surface area contributed by atoms with Gasteiger partial charge in [0.2, 0.25) is 0 Å². The van der Waals surface area contributed by atoms with E-state index in [0.29, 0.717) is 34.7 Å². The molecule has 1 saturated heterocycles. The molecule has 2 aromatic heterocycles. The van der Waals surface area contributed by atoms with Crippen LogP contribution >= 0.6 is 11.8 Å². The minimum absolute atomic E-state index is 0.202.